The van der Waals surface area contributed by atoms with Gasteiger partial charge in [0.05, 0.1) is 13.7 Å². The van der Waals surface area contributed by atoms with E-state index in [2.05, 4.69) is 5.32 Å². The third kappa shape index (κ3) is 5.38. The number of hydrogen-bond donors (Lipinski definition) is 1. The number of rotatable bonds is 8. The number of hydrogen-bond acceptors (Lipinski definition) is 6. The van der Waals surface area contributed by atoms with Gasteiger partial charge in [-0.1, -0.05) is 12.1 Å². The van der Waals surface area contributed by atoms with E-state index in [4.69, 9.17) is 14.2 Å². The molecule has 1 aromatic heterocycles. The molecule has 0 aliphatic carbocycles. The number of carbonyl (C=O) groups excluding carboxylic acids is 2. The molecule has 0 aliphatic heterocycles. The van der Waals surface area contributed by atoms with E-state index in [0.29, 0.717) is 28.5 Å². The van der Waals surface area contributed by atoms with Crippen LogP contribution >= 0.6 is 11.3 Å². The number of fused-ring (bicyclic) bond motifs is 1. The molecule has 0 spiro atoms. The molecule has 4 aromatic rings. The van der Waals surface area contributed by atoms with Crippen molar-refractivity contribution >= 4 is 39.0 Å². The predicted molar refractivity (Wildman–Crippen MR) is 134 cm³/mol. The monoisotopic (exact) mass is 475 g/mol. The Kier molecular flexibility index (Phi) is 7.13. The van der Waals surface area contributed by atoms with Crippen LogP contribution in [0.3, 0.4) is 0 Å². The summed E-state index contributed by atoms with van der Waals surface area (Å²) >= 11 is 1.35. The Balaban J connectivity index is 1.53. The van der Waals surface area contributed by atoms with E-state index in [0.717, 1.165) is 27.0 Å². The number of thiophene rings is 1. The third-order valence-electron chi connectivity index (χ3n) is 5.17. The molecule has 3 aromatic carbocycles. The lowest BCUT2D eigenvalue weighted by Gasteiger charge is -2.14. The summed E-state index contributed by atoms with van der Waals surface area (Å²) in [5, 5.41) is 3.79. The van der Waals surface area contributed by atoms with Gasteiger partial charge in [0.25, 0.3) is 5.91 Å². The lowest BCUT2D eigenvalue weighted by molar-refractivity contribution is 0.0606. The number of carbonyl (C=O) groups is 2. The van der Waals surface area contributed by atoms with Crippen molar-refractivity contribution < 1.29 is 23.8 Å². The van der Waals surface area contributed by atoms with E-state index >= 15 is 0 Å². The number of aryl methyl sites for hydroxylation is 1. The van der Waals surface area contributed by atoms with Gasteiger partial charge in [0.1, 0.15) is 23.0 Å². The lowest BCUT2D eigenvalue weighted by Crippen LogP contribution is -2.13. The molecular formula is C27H25NO5S. The zero-order chi connectivity index (χ0) is 24.1. The Bertz CT molecular complexity index is 1340. The lowest BCUT2D eigenvalue weighted by atomic mass is 10.1. The second-order valence-corrected chi connectivity index (χ2v) is 8.75. The van der Waals surface area contributed by atoms with Gasteiger partial charge in [0.15, 0.2) is 0 Å². The van der Waals surface area contributed by atoms with Crippen LogP contribution in [0, 0.1) is 6.92 Å². The van der Waals surface area contributed by atoms with Gasteiger partial charge in [0.2, 0.25) is 0 Å². The molecule has 0 fully saturated rings. The van der Waals surface area contributed by atoms with Crippen LogP contribution in [0.15, 0.2) is 66.7 Å². The molecule has 1 N–H and O–H groups in total. The molecule has 0 atom stereocenters. The van der Waals surface area contributed by atoms with Crippen LogP contribution in [-0.4, -0.2) is 25.6 Å². The van der Waals surface area contributed by atoms with Crippen molar-refractivity contribution in [3.05, 3.63) is 88.3 Å². The molecule has 174 valence electrons. The van der Waals surface area contributed by atoms with Crippen molar-refractivity contribution in [2.24, 2.45) is 0 Å². The Labute approximate surface area is 202 Å². The zero-order valence-electron chi connectivity index (χ0n) is 19.2. The first-order chi connectivity index (χ1) is 16.5. The second-order valence-electron chi connectivity index (χ2n) is 7.67. The summed E-state index contributed by atoms with van der Waals surface area (Å²) in [5.74, 6) is 0.818. The first-order valence-corrected chi connectivity index (χ1v) is 11.7. The smallest absolute Gasteiger partial charge is 0.348 e. The number of anilines is 1. The van der Waals surface area contributed by atoms with Gasteiger partial charge >= 0.3 is 5.97 Å². The van der Waals surface area contributed by atoms with Gasteiger partial charge in [-0.2, -0.15) is 0 Å². The minimum atomic E-state index is -0.374. The Morgan fingerprint density at radius 1 is 0.971 bits per heavy atom. The van der Waals surface area contributed by atoms with Crippen molar-refractivity contribution in [3.8, 4) is 11.5 Å². The van der Waals surface area contributed by atoms with Crippen LogP contribution in [-0.2, 0) is 11.3 Å². The summed E-state index contributed by atoms with van der Waals surface area (Å²) in [7, 11) is 1.36. The maximum Gasteiger partial charge on any atom is 0.348 e. The highest BCUT2D eigenvalue weighted by Crippen LogP contribution is 2.29. The maximum absolute atomic E-state index is 13.0. The van der Waals surface area contributed by atoms with Crippen LogP contribution < -0.4 is 14.8 Å². The van der Waals surface area contributed by atoms with E-state index in [9.17, 15) is 9.59 Å². The van der Waals surface area contributed by atoms with Crippen LogP contribution in [0.2, 0.25) is 0 Å². The minimum absolute atomic E-state index is 0.248. The minimum Gasteiger partial charge on any atom is -0.493 e. The average Bonchev–Trinajstić information content (AvgIpc) is 3.26. The van der Waals surface area contributed by atoms with Crippen LogP contribution in [0.5, 0.6) is 11.5 Å². The second kappa shape index (κ2) is 10.4. The van der Waals surface area contributed by atoms with Gasteiger partial charge in [-0.05, 0) is 79.4 Å². The van der Waals surface area contributed by atoms with Gasteiger partial charge in [-0.25, -0.2) is 4.79 Å². The molecule has 1 amide bonds. The SMILES string of the molecule is CCOc1ccc(C(=O)Nc2ccc3sc(C(=O)OC)cc3c2)cc1COc1cccc(C)c1. The third-order valence-corrected chi connectivity index (χ3v) is 6.26. The number of benzene rings is 3. The molecular weight excluding hydrogens is 450 g/mol. The fraction of sp³-hybridized carbons (Fsp3) is 0.185. The number of methoxy groups -OCH3 is 1. The molecule has 0 aliphatic rings. The summed E-state index contributed by atoms with van der Waals surface area (Å²) < 4.78 is 17.4. The molecule has 34 heavy (non-hydrogen) atoms. The largest absolute Gasteiger partial charge is 0.493 e. The first-order valence-electron chi connectivity index (χ1n) is 10.8. The van der Waals surface area contributed by atoms with Crippen LogP contribution in [0.25, 0.3) is 10.1 Å². The Morgan fingerprint density at radius 2 is 1.82 bits per heavy atom. The van der Waals surface area contributed by atoms with Crippen LogP contribution in [0.4, 0.5) is 5.69 Å². The number of esters is 1. The summed E-state index contributed by atoms with van der Waals surface area (Å²) in [6, 6.07) is 20.4. The van der Waals surface area contributed by atoms with E-state index in [-0.39, 0.29) is 18.5 Å². The van der Waals surface area contributed by atoms with E-state index in [1.54, 1.807) is 24.3 Å². The van der Waals surface area contributed by atoms with Gasteiger partial charge in [-0.3, -0.25) is 4.79 Å². The quantitative estimate of drug-likeness (QED) is 0.306. The molecule has 7 heteroatoms. The van der Waals surface area contributed by atoms with Crippen molar-refractivity contribution in [1.29, 1.82) is 0 Å². The van der Waals surface area contributed by atoms with E-state index in [1.807, 2.05) is 56.3 Å². The number of ether oxygens (including phenoxy) is 3. The average molecular weight is 476 g/mol. The first kappa shape index (κ1) is 23.3. The molecule has 1 heterocycles. The Hall–Kier alpha value is -3.84. The Morgan fingerprint density at radius 3 is 2.59 bits per heavy atom. The zero-order valence-corrected chi connectivity index (χ0v) is 20.0. The summed E-state index contributed by atoms with van der Waals surface area (Å²) in [5.41, 5.74) is 3.02. The maximum atomic E-state index is 13.0. The molecule has 6 nitrogen and oxygen atoms in total. The van der Waals surface area contributed by atoms with Gasteiger partial charge in [-0.15, -0.1) is 11.3 Å². The standard InChI is InChI=1S/C27H25NO5S/c1-4-32-23-10-8-18(13-20(23)16-33-22-7-5-6-17(2)12-22)26(29)28-21-9-11-24-19(14-21)15-25(34-24)27(30)31-3/h5-15H,4,16H2,1-3H3,(H,28,29). The van der Waals surface area contributed by atoms with Crippen molar-refractivity contribution in [2.75, 3.05) is 19.0 Å². The molecule has 0 unspecified atom stereocenters. The summed E-state index contributed by atoms with van der Waals surface area (Å²) in [6.45, 7) is 4.71. The highest BCUT2D eigenvalue weighted by atomic mass is 32.1. The highest BCUT2D eigenvalue weighted by Gasteiger charge is 2.14. The normalized spacial score (nSPS) is 10.7. The van der Waals surface area contributed by atoms with E-state index < -0.39 is 0 Å². The molecule has 0 bridgehead atoms. The van der Waals surface area contributed by atoms with Crippen LogP contribution in [0.1, 0.15) is 38.1 Å². The fourth-order valence-electron chi connectivity index (χ4n) is 3.52. The van der Waals surface area contributed by atoms with Crippen molar-refractivity contribution in [3.63, 3.8) is 0 Å². The molecule has 0 saturated heterocycles. The van der Waals surface area contributed by atoms with Crippen molar-refractivity contribution in [2.45, 2.75) is 20.5 Å². The number of nitrogens with one attached hydrogen (secondary N) is 1. The number of amides is 1. The fourth-order valence-corrected chi connectivity index (χ4v) is 4.48. The topological polar surface area (TPSA) is 73.9 Å². The van der Waals surface area contributed by atoms with Gasteiger partial charge in [0, 0.05) is 21.5 Å². The summed E-state index contributed by atoms with van der Waals surface area (Å²) in [6.07, 6.45) is 0. The molecule has 0 saturated carbocycles. The highest BCUT2D eigenvalue weighted by molar-refractivity contribution is 7.20. The van der Waals surface area contributed by atoms with E-state index in [1.165, 1.54) is 18.4 Å². The predicted octanol–water partition coefficient (Wildman–Crippen LogP) is 6.23. The molecule has 4 rings (SSSR count). The molecule has 0 radical (unpaired) electrons. The van der Waals surface area contributed by atoms with Gasteiger partial charge < -0.3 is 19.5 Å². The summed E-state index contributed by atoms with van der Waals surface area (Å²) in [4.78, 5) is 25.3. The van der Waals surface area contributed by atoms with Crippen molar-refractivity contribution in [1.82, 2.24) is 0 Å².